The molecule has 2 atom stereocenters. The molecule has 1 aromatic rings. The molecular weight excluding hydrogens is 366 g/mol. The van der Waals surface area contributed by atoms with Crippen LogP contribution >= 0.6 is 0 Å². The smallest absolute Gasteiger partial charge is 0.139 e. The highest BCUT2D eigenvalue weighted by Gasteiger charge is 2.49. The molecule has 30 heavy (non-hydrogen) atoms. The number of hydrogen-bond donors (Lipinski definition) is 0. The molecule has 0 saturated heterocycles. The summed E-state index contributed by atoms with van der Waals surface area (Å²) in [6, 6.07) is 10.6. The molecule has 2 fully saturated rings. The van der Waals surface area contributed by atoms with Crippen molar-refractivity contribution in [2.45, 2.75) is 70.6 Å². The van der Waals surface area contributed by atoms with Crippen molar-refractivity contribution in [3.8, 4) is 0 Å². The highest BCUT2D eigenvalue weighted by atomic mass is 16.1. The quantitative estimate of drug-likeness (QED) is 0.518. The van der Waals surface area contributed by atoms with Crippen molar-refractivity contribution < 1.29 is 4.79 Å². The molecule has 156 valence electrons. The first kappa shape index (κ1) is 19.7. The van der Waals surface area contributed by atoms with Crippen molar-refractivity contribution in [1.82, 2.24) is 0 Å². The first-order valence-corrected chi connectivity index (χ1v) is 11.9. The Morgan fingerprint density at radius 3 is 2.80 bits per heavy atom. The number of carbonyl (C=O) groups is 1. The van der Waals surface area contributed by atoms with Crippen LogP contribution in [0.4, 0.5) is 0 Å². The van der Waals surface area contributed by atoms with E-state index in [-0.39, 0.29) is 5.41 Å². The highest BCUT2D eigenvalue weighted by Crippen LogP contribution is 2.51. The largest absolute Gasteiger partial charge is 0.299 e. The summed E-state index contributed by atoms with van der Waals surface area (Å²) in [4.78, 5) is 18.2. The van der Waals surface area contributed by atoms with Gasteiger partial charge in [0.1, 0.15) is 5.78 Å². The van der Waals surface area contributed by atoms with Gasteiger partial charge in [-0.05, 0) is 74.8 Å². The summed E-state index contributed by atoms with van der Waals surface area (Å²) in [5.41, 5.74) is 5.53. The molecular formula is C28H33NO. The monoisotopic (exact) mass is 399 g/mol. The van der Waals surface area contributed by atoms with Crippen molar-refractivity contribution in [3.63, 3.8) is 0 Å². The van der Waals surface area contributed by atoms with Crippen LogP contribution in [-0.4, -0.2) is 11.5 Å². The lowest BCUT2D eigenvalue weighted by molar-refractivity contribution is -0.125. The van der Waals surface area contributed by atoms with Crippen molar-refractivity contribution in [2.75, 3.05) is 0 Å². The van der Waals surface area contributed by atoms with Gasteiger partial charge in [-0.3, -0.25) is 9.79 Å². The van der Waals surface area contributed by atoms with Gasteiger partial charge in [-0.2, -0.15) is 0 Å². The van der Waals surface area contributed by atoms with Crippen LogP contribution in [0, 0.1) is 17.3 Å². The fraction of sp³-hybridized carbons (Fsp3) is 0.500. The third-order valence-electron chi connectivity index (χ3n) is 7.71. The Morgan fingerprint density at radius 1 is 1.10 bits per heavy atom. The molecule has 0 bridgehead atoms. The molecule has 0 aromatic heterocycles. The summed E-state index contributed by atoms with van der Waals surface area (Å²) in [6.45, 7) is 0. The van der Waals surface area contributed by atoms with E-state index >= 15 is 0 Å². The lowest BCUT2D eigenvalue weighted by Gasteiger charge is -2.32. The van der Waals surface area contributed by atoms with Crippen molar-refractivity contribution in [1.29, 1.82) is 0 Å². The van der Waals surface area contributed by atoms with Gasteiger partial charge in [0.25, 0.3) is 0 Å². The van der Waals surface area contributed by atoms with Gasteiger partial charge in [-0.25, -0.2) is 0 Å². The van der Waals surface area contributed by atoms with Crippen LogP contribution in [0.15, 0.2) is 70.9 Å². The molecule has 0 N–H and O–H groups in total. The Hall–Kier alpha value is -2.22. The van der Waals surface area contributed by atoms with Crippen LogP contribution in [0.5, 0.6) is 0 Å². The third-order valence-corrected chi connectivity index (χ3v) is 7.71. The molecule has 0 radical (unpaired) electrons. The summed E-state index contributed by atoms with van der Waals surface area (Å²) in [7, 11) is 0. The minimum Gasteiger partial charge on any atom is -0.299 e. The Kier molecular flexibility index (Phi) is 5.58. The Bertz CT molecular complexity index is 913. The second-order valence-corrected chi connectivity index (χ2v) is 9.86. The molecule has 2 saturated carbocycles. The normalized spacial score (nSPS) is 27.3. The van der Waals surface area contributed by atoms with Gasteiger partial charge < -0.3 is 0 Å². The van der Waals surface area contributed by atoms with Gasteiger partial charge in [-0.15, -0.1) is 0 Å². The van der Waals surface area contributed by atoms with Gasteiger partial charge in [0.15, 0.2) is 0 Å². The Morgan fingerprint density at radius 2 is 1.97 bits per heavy atom. The molecule has 4 aliphatic rings. The van der Waals surface area contributed by atoms with E-state index < -0.39 is 0 Å². The number of Topliss-reactive ketones (excluding diaryl/α,β-unsaturated/α-hetero) is 1. The SMILES string of the molecule is O=C(C[C@@H]1CCCC(C2=NC=CCC3=C2C=CCC3)C1)C1(Cc2ccccc2)CC1. The van der Waals surface area contributed by atoms with E-state index in [9.17, 15) is 4.79 Å². The zero-order chi connectivity index (χ0) is 20.4. The van der Waals surface area contributed by atoms with Crippen LogP contribution in [-0.2, 0) is 11.2 Å². The van der Waals surface area contributed by atoms with E-state index in [1.165, 1.54) is 42.5 Å². The minimum absolute atomic E-state index is 0.0569. The maximum absolute atomic E-state index is 13.3. The number of carbonyl (C=O) groups excluding carboxylic acids is 1. The highest BCUT2D eigenvalue weighted by molar-refractivity contribution is 6.05. The summed E-state index contributed by atoms with van der Waals surface area (Å²) in [5.74, 6) is 1.56. The van der Waals surface area contributed by atoms with E-state index in [1.807, 2.05) is 6.20 Å². The number of benzene rings is 1. The molecule has 1 aromatic carbocycles. The molecule has 0 spiro atoms. The third kappa shape index (κ3) is 4.15. The Labute approximate surface area is 180 Å². The summed E-state index contributed by atoms with van der Waals surface area (Å²) in [6.07, 6.45) is 20.9. The number of allylic oxidation sites excluding steroid dienone is 5. The number of ketones is 1. The van der Waals surface area contributed by atoms with Crippen LogP contribution in [0.25, 0.3) is 0 Å². The van der Waals surface area contributed by atoms with Gasteiger partial charge in [0.05, 0.1) is 5.71 Å². The molecule has 1 heterocycles. The fourth-order valence-corrected chi connectivity index (χ4v) is 5.81. The summed E-state index contributed by atoms with van der Waals surface area (Å²) in [5, 5.41) is 0. The predicted octanol–water partition coefficient (Wildman–Crippen LogP) is 6.78. The van der Waals surface area contributed by atoms with E-state index in [1.54, 1.807) is 5.57 Å². The van der Waals surface area contributed by atoms with Gasteiger partial charge >= 0.3 is 0 Å². The van der Waals surface area contributed by atoms with E-state index in [2.05, 4.69) is 48.6 Å². The van der Waals surface area contributed by atoms with E-state index in [4.69, 9.17) is 4.99 Å². The molecule has 1 aliphatic heterocycles. The summed E-state index contributed by atoms with van der Waals surface area (Å²) >= 11 is 0. The first-order valence-electron chi connectivity index (χ1n) is 11.9. The van der Waals surface area contributed by atoms with Crippen molar-refractivity contribution >= 4 is 11.5 Å². The molecule has 2 heteroatoms. The van der Waals surface area contributed by atoms with Crippen molar-refractivity contribution in [2.24, 2.45) is 22.2 Å². The topological polar surface area (TPSA) is 29.4 Å². The zero-order valence-corrected chi connectivity index (χ0v) is 18.0. The summed E-state index contributed by atoms with van der Waals surface area (Å²) < 4.78 is 0. The molecule has 3 aliphatic carbocycles. The predicted molar refractivity (Wildman–Crippen MR) is 123 cm³/mol. The van der Waals surface area contributed by atoms with E-state index in [0.29, 0.717) is 17.6 Å². The standard InChI is InChI=1S/C28H33NO/c30-26(28(15-16-28)20-21-8-2-1-3-9-21)19-22-10-6-12-24(18-22)27-25-14-5-4-11-23(25)13-7-17-29-27/h1-3,5,7-9,14,17,22,24H,4,6,10-13,15-16,18-20H2/t22-,24?/m1/s1. The number of hydrogen-bond acceptors (Lipinski definition) is 2. The molecule has 5 rings (SSSR count). The number of nitrogens with zero attached hydrogens (tertiary/aromatic N) is 1. The van der Waals surface area contributed by atoms with Crippen molar-refractivity contribution in [3.05, 3.63) is 71.5 Å². The maximum atomic E-state index is 13.3. The van der Waals surface area contributed by atoms with Crippen LogP contribution in [0.3, 0.4) is 0 Å². The molecule has 0 amide bonds. The van der Waals surface area contributed by atoms with Crippen LogP contribution < -0.4 is 0 Å². The molecule has 1 unspecified atom stereocenters. The average molecular weight is 400 g/mol. The fourth-order valence-electron chi connectivity index (χ4n) is 5.81. The zero-order valence-electron chi connectivity index (χ0n) is 18.0. The maximum Gasteiger partial charge on any atom is 0.139 e. The van der Waals surface area contributed by atoms with Crippen LogP contribution in [0.1, 0.15) is 69.8 Å². The Balaban J connectivity index is 1.26. The average Bonchev–Trinajstić information content (AvgIpc) is 3.58. The second-order valence-electron chi connectivity index (χ2n) is 9.86. The number of rotatable bonds is 6. The lowest BCUT2D eigenvalue weighted by atomic mass is 9.73. The lowest BCUT2D eigenvalue weighted by Crippen LogP contribution is -2.28. The number of aliphatic imine (C=N–C) groups is 1. The van der Waals surface area contributed by atoms with E-state index in [0.717, 1.165) is 44.9 Å². The first-order chi connectivity index (χ1) is 14.7. The van der Waals surface area contributed by atoms with Gasteiger partial charge in [0.2, 0.25) is 0 Å². The van der Waals surface area contributed by atoms with Gasteiger partial charge in [0, 0.05) is 24.0 Å². The molecule has 2 nitrogen and oxygen atoms in total. The second kappa shape index (κ2) is 8.49. The van der Waals surface area contributed by atoms with Crippen LogP contribution in [0.2, 0.25) is 0 Å². The minimum atomic E-state index is -0.0569. The van der Waals surface area contributed by atoms with Gasteiger partial charge in [-0.1, -0.05) is 60.6 Å².